The van der Waals surface area contributed by atoms with Gasteiger partial charge in [0.15, 0.2) is 0 Å². The summed E-state index contributed by atoms with van der Waals surface area (Å²) < 4.78 is 32.3. The third-order valence-corrected chi connectivity index (χ3v) is 5.58. The van der Waals surface area contributed by atoms with Crippen LogP contribution in [0.5, 0.6) is 5.88 Å². The zero-order valence-corrected chi connectivity index (χ0v) is 16.8. The van der Waals surface area contributed by atoms with Gasteiger partial charge in [-0.25, -0.2) is 0 Å². The van der Waals surface area contributed by atoms with Gasteiger partial charge in [0.05, 0.1) is 11.4 Å². The SMILES string of the molecule is O=S(=O)(Cc1ccccc1)Oc1cc(-c2ccccc2)nn1-c1ccc(Cl)cc1. The molecule has 0 amide bonds. The van der Waals surface area contributed by atoms with Crippen LogP contribution in [-0.2, 0) is 15.9 Å². The Hall–Kier alpha value is -3.09. The van der Waals surface area contributed by atoms with Crippen LogP contribution in [0.1, 0.15) is 5.56 Å². The van der Waals surface area contributed by atoms with Crippen molar-refractivity contribution in [1.82, 2.24) is 9.78 Å². The number of benzene rings is 3. The summed E-state index contributed by atoms with van der Waals surface area (Å²) in [7, 11) is -3.88. The van der Waals surface area contributed by atoms with Crippen molar-refractivity contribution in [2.75, 3.05) is 0 Å². The molecule has 4 aromatic rings. The number of aromatic nitrogens is 2. The fourth-order valence-electron chi connectivity index (χ4n) is 2.88. The van der Waals surface area contributed by atoms with Gasteiger partial charge >= 0.3 is 10.1 Å². The van der Waals surface area contributed by atoms with Crippen LogP contribution in [0.25, 0.3) is 16.9 Å². The zero-order chi connectivity index (χ0) is 20.3. The van der Waals surface area contributed by atoms with Crippen molar-refractivity contribution < 1.29 is 12.6 Å². The molecule has 0 unspecified atom stereocenters. The van der Waals surface area contributed by atoms with Gasteiger partial charge in [-0.3, -0.25) is 0 Å². The van der Waals surface area contributed by atoms with Gasteiger partial charge in [0.2, 0.25) is 5.88 Å². The highest BCUT2D eigenvalue weighted by Gasteiger charge is 2.20. The molecule has 0 radical (unpaired) electrons. The molecule has 3 aromatic carbocycles. The monoisotopic (exact) mass is 424 g/mol. The van der Waals surface area contributed by atoms with Crippen molar-refractivity contribution in [3.8, 4) is 22.8 Å². The first-order valence-electron chi connectivity index (χ1n) is 8.88. The highest BCUT2D eigenvalue weighted by molar-refractivity contribution is 7.86. The number of nitrogens with zero attached hydrogens (tertiary/aromatic N) is 2. The van der Waals surface area contributed by atoms with E-state index in [2.05, 4.69) is 5.10 Å². The normalized spacial score (nSPS) is 11.3. The molecule has 0 aliphatic rings. The number of hydrogen-bond acceptors (Lipinski definition) is 4. The molecule has 0 fully saturated rings. The zero-order valence-electron chi connectivity index (χ0n) is 15.3. The van der Waals surface area contributed by atoms with E-state index >= 15 is 0 Å². The van der Waals surface area contributed by atoms with Crippen molar-refractivity contribution in [3.63, 3.8) is 0 Å². The summed E-state index contributed by atoms with van der Waals surface area (Å²) in [6, 6.07) is 26.9. The van der Waals surface area contributed by atoms with Crippen molar-refractivity contribution >= 4 is 21.7 Å². The predicted molar refractivity (Wildman–Crippen MR) is 114 cm³/mol. The van der Waals surface area contributed by atoms with Crippen molar-refractivity contribution in [2.45, 2.75) is 5.75 Å². The van der Waals surface area contributed by atoms with Crippen LogP contribution in [0.4, 0.5) is 0 Å². The van der Waals surface area contributed by atoms with Gasteiger partial charge in [0.25, 0.3) is 0 Å². The van der Waals surface area contributed by atoms with E-state index in [1.54, 1.807) is 54.6 Å². The van der Waals surface area contributed by atoms with Gasteiger partial charge in [0.1, 0.15) is 5.75 Å². The summed E-state index contributed by atoms with van der Waals surface area (Å²) in [5.41, 5.74) is 2.74. The standard InChI is InChI=1S/C22H17ClN2O3S/c23-19-11-13-20(14-12-19)25-22(15-21(24-25)18-9-5-2-6-10-18)28-29(26,27)16-17-7-3-1-4-8-17/h1-15H,16H2. The molecule has 5 nitrogen and oxygen atoms in total. The molecular formula is C22H17ClN2O3S. The lowest BCUT2D eigenvalue weighted by Crippen LogP contribution is -2.14. The highest BCUT2D eigenvalue weighted by Crippen LogP contribution is 2.28. The van der Waals surface area contributed by atoms with Crippen LogP contribution in [0.3, 0.4) is 0 Å². The summed E-state index contributed by atoms with van der Waals surface area (Å²) in [6.07, 6.45) is 0. The molecule has 0 spiro atoms. The molecule has 1 aromatic heterocycles. The topological polar surface area (TPSA) is 61.2 Å². The van der Waals surface area contributed by atoms with E-state index in [1.165, 1.54) is 4.68 Å². The molecule has 146 valence electrons. The molecule has 0 atom stereocenters. The lowest BCUT2D eigenvalue weighted by molar-refractivity contribution is 0.464. The largest absolute Gasteiger partial charge is 0.361 e. The van der Waals surface area contributed by atoms with Crippen molar-refractivity contribution in [1.29, 1.82) is 0 Å². The first-order chi connectivity index (χ1) is 14.0. The maximum absolute atomic E-state index is 12.7. The van der Waals surface area contributed by atoms with Crippen molar-refractivity contribution in [2.24, 2.45) is 0 Å². The van der Waals surface area contributed by atoms with E-state index < -0.39 is 10.1 Å². The Morgan fingerprint density at radius 2 is 1.48 bits per heavy atom. The Labute approximate surface area is 174 Å². The van der Waals surface area contributed by atoms with Gasteiger partial charge < -0.3 is 4.18 Å². The van der Waals surface area contributed by atoms with E-state index in [4.69, 9.17) is 15.8 Å². The maximum Gasteiger partial charge on any atom is 0.314 e. The number of halogens is 1. The second-order valence-electron chi connectivity index (χ2n) is 6.39. The second kappa shape index (κ2) is 8.11. The van der Waals surface area contributed by atoms with Gasteiger partial charge in [0, 0.05) is 16.7 Å². The quantitative estimate of drug-likeness (QED) is 0.404. The van der Waals surface area contributed by atoms with Gasteiger partial charge in [-0.2, -0.15) is 18.2 Å². The Bertz CT molecular complexity index is 1210. The van der Waals surface area contributed by atoms with E-state index in [-0.39, 0.29) is 11.6 Å². The fraction of sp³-hybridized carbons (Fsp3) is 0.0455. The maximum atomic E-state index is 12.7. The van der Waals surface area contributed by atoms with Crippen molar-refractivity contribution in [3.05, 3.63) is 102 Å². The number of rotatable bonds is 6. The fourth-order valence-corrected chi connectivity index (χ4v) is 4.04. The van der Waals surface area contributed by atoms with E-state index in [0.29, 0.717) is 22.0 Å². The highest BCUT2D eigenvalue weighted by atomic mass is 35.5. The van der Waals surface area contributed by atoms with Crippen LogP contribution >= 0.6 is 11.6 Å². The molecular weight excluding hydrogens is 408 g/mol. The lowest BCUT2D eigenvalue weighted by Gasteiger charge is -2.09. The summed E-state index contributed by atoms with van der Waals surface area (Å²) in [5.74, 6) is -0.123. The molecule has 0 bridgehead atoms. The predicted octanol–water partition coefficient (Wildman–Crippen LogP) is 5.10. The Balaban J connectivity index is 1.72. The second-order valence-corrected chi connectivity index (χ2v) is 8.40. The molecule has 1 heterocycles. The van der Waals surface area contributed by atoms with Crippen LogP contribution in [-0.4, -0.2) is 18.2 Å². The molecule has 0 saturated heterocycles. The Kier molecular flexibility index (Phi) is 5.38. The third kappa shape index (κ3) is 4.67. The molecule has 0 N–H and O–H groups in total. The van der Waals surface area contributed by atoms with Crippen LogP contribution < -0.4 is 4.18 Å². The average Bonchev–Trinajstić information content (AvgIpc) is 3.12. The molecule has 29 heavy (non-hydrogen) atoms. The minimum Gasteiger partial charge on any atom is -0.361 e. The van der Waals surface area contributed by atoms with Crippen LogP contribution in [0, 0.1) is 0 Å². The smallest absolute Gasteiger partial charge is 0.314 e. The van der Waals surface area contributed by atoms with Gasteiger partial charge in [-0.15, -0.1) is 0 Å². The molecule has 0 aliphatic heterocycles. The third-order valence-electron chi connectivity index (χ3n) is 4.22. The van der Waals surface area contributed by atoms with Gasteiger partial charge in [-0.1, -0.05) is 72.3 Å². The Morgan fingerprint density at radius 1 is 0.862 bits per heavy atom. The lowest BCUT2D eigenvalue weighted by atomic mass is 10.2. The molecule has 7 heteroatoms. The summed E-state index contributed by atoms with van der Waals surface area (Å²) in [4.78, 5) is 0. The summed E-state index contributed by atoms with van der Waals surface area (Å²) in [6.45, 7) is 0. The first kappa shape index (κ1) is 19.2. The van der Waals surface area contributed by atoms with Gasteiger partial charge in [-0.05, 0) is 29.8 Å². The van der Waals surface area contributed by atoms with E-state index in [1.807, 2.05) is 36.4 Å². The Morgan fingerprint density at radius 3 is 2.14 bits per heavy atom. The van der Waals surface area contributed by atoms with E-state index in [9.17, 15) is 8.42 Å². The summed E-state index contributed by atoms with van der Waals surface area (Å²) in [5, 5.41) is 5.13. The minimum atomic E-state index is -3.88. The average molecular weight is 425 g/mol. The van der Waals surface area contributed by atoms with E-state index in [0.717, 1.165) is 5.56 Å². The number of hydrogen-bond donors (Lipinski definition) is 0. The molecule has 0 saturated carbocycles. The molecule has 4 rings (SSSR count). The van der Waals surface area contributed by atoms with Crippen LogP contribution in [0.15, 0.2) is 91.0 Å². The van der Waals surface area contributed by atoms with Crippen LogP contribution in [0.2, 0.25) is 5.02 Å². The summed E-state index contributed by atoms with van der Waals surface area (Å²) >= 11 is 5.98. The minimum absolute atomic E-state index is 0.113. The first-order valence-corrected chi connectivity index (χ1v) is 10.8. The molecule has 0 aliphatic carbocycles.